The Morgan fingerprint density at radius 3 is 2.50 bits per heavy atom. The van der Waals surface area contributed by atoms with Gasteiger partial charge in [-0.2, -0.15) is 0 Å². The number of piperidine rings is 1. The summed E-state index contributed by atoms with van der Waals surface area (Å²) in [6.07, 6.45) is 4.96. The number of nitrogens with zero attached hydrogens (tertiary/aromatic N) is 2. The Kier molecular flexibility index (Phi) is 5.60. The monoisotopic (exact) mass is 351 g/mol. The van der Waals surface area contributed by atoms with Crippen molar-refractivity contribution < 1.29 is 4.79 Å². The van der Waals surface area contributed by atoms with E-state index in [0.29, 0.717) is 11.5 Å². The molecule has 1 aromatic heterocycles. The fourth-order valence-corrected chi connectivity index (χ4v) is 3.49. The molecule has 1 amide bonds. The zero-order valence-electron chi connectivity index (χ0n) is 16.0. The van der Waals surface area contributed by atoms with Crippen LogP contribution in [0.1, 0.15) is 49.5 Å². The van der Waals surface area contributed by atoms with Crippen LogP contribution in [0.5, 0.6) is 0 Å². The average Bonchev–Trinajstić information content (AvgIpc) is 2.61. The van der Waals surface area contributed by atoms with Crippen LogP contribution in [0.15, 0.2) is 48.7 Å². The van der Waals surface area contributed by atoms with E-state index in [-0.39, 0.29) is 11.4 Å². The fraction of sp³-hybridized carbons (Fsp3) is 0.455. The molecule has 3 rings (SSSR count). The molecule has 0 unspecified atom stereocenters. The molecule has 26 heavy (non-hydrogen) atoms. The topological polar surface area (TPSA) is 45.2 Å². The molecule has 138 valence electrons. The number of carbonyl (C=O) groups excluding carboxylic acids is 1. The van der Waals surface area contributed by atoms with Crippen LogP contribution in [-0.2, 0) is 6.42 Å². The summed E-state index contributed by atoms with van der Waals surface area (Å²) in [5.74, 6) is 1.53. The molecule has 0 aliphatic carbocycles. The number of benzene rings is 1. The number of amides is 1. The first kappa shape index (κ1) is 18.4. The molecule has 4 heteroatoms. The molecule has 1 aliphatic heterocycles. The van der Waals surface area contributed by atoms with Crippen molar-refractivity contribution in [3.05, 3.63) is 59.8 Å². The molecular formula is C22H29N3O. The summed E-state index contributed by atoms with van der Waals surface area (Å²) in [4.78, 5) is 19.2. The Morgan fingerprint density at radius 2 is 1.85 bits per heavy atom. The van der Waals surface area contributed by atoms with Crippen molar-refractivity contribution in [3.8, 4) is 0 Å². The second-order valence-electron chi connectivity index (χ2n) is 8.23. The Hall–Kier alpha value is -2.36. The van der Waals surface area contributed by atoms with Gasteiger partial charge < -0.3 is 10.2 Å². The standard InChI is InChI=1S/C22H29N3O/c1-22(2,3)24-20-16-19(9-12-23-20)21(26)25-13-10-18(11-14-25)15-17-7-5-4-6-8-17/h4-9,12,16,18H,10-11,13-15H2,1-3H3,(H,23,24). The first-order chi connectivity index (χ1) is 12.4. The van der Waals surface area contributed by atoms with Crippen LogP contribution < -0.4 is 5.32 Å². The predicted octanol–water partition coefficient (Wildman–Crippen LogP) is 4.39. The van der Waals surface area contributed by atoms with E-state index in [1.165, 1.54) is 5.56 Å². The number of aromatic nitrogens is 1. The SMILES string of the molecule is CC(C)(C)Nc1cc(C(=O)N2CCC(Cc3ccccc3)CC2)ccn1. The molecular weight excluding hydrogens is 322 g/mol. The molecule has 0 bridgehead atoms. The van der Waals surface area contributed by atoms with Gasteiger partial charge in [-0.15, -0.1) is 0 Å². The van der Waals surface area contributed by atoms with Crippen LogP contribution >= 0.6 is 0 Å². The highest BCUT2D eigenvalue weighted by Gasteiger charge is 2.24. The first-order valence-electron chi connectivity index (χ1n) is 9.48. The third kappa shape index (κ3) is 5.07. The zero-order valence-corrected chi connectivity index (χ0v) is 16.0. The molecule has 2 aromatic rings. The van der Waals surface area contributed by atoms with Gasteiger partial charge in [-0.3, -0.25) is 4.79 Å². The highest BCUT2D eigenvalue weighted by atomic mass is 16.2. The minimum atomic E-state index is -0.0789. The van der Waals surface area contributed by atoms with E-state index in [9.17, 15) is 4.79 Å². The molecule has 0 radical (unpaired) electrons. The van der Waals surface area contributed by atoms with Crippen LogP contribution in [-0.4, -0.2) is 34.4 Å². The molecule has 2 heterocycles. The second kappa shape index (κ2) is 7.90. The molecule has 0 saturated carbocycles. The maximum absolute atomic E-state index is 12.9. The largest absolute Gasteiger partial charge is 0.365 e. The van der Waals surface area contributed by atoms with Gasteiger partial charge in [-0.05, 0) is 63.6 Å². The molecule has 1 aromatic carbocycles. The summed E-state index contributed by atoms with van der Waals surface area (Å²) in [6, 6.07) is 14.3. The van der Waals surface area contributed by atoms with Crippen molar-refractivity contribution >= 4 is 11.7 Å². The highest BCUT2D eigenvalue weighted by Crippen LogP contribution is 2.23. The summed E-state index contributed by atoms with van der Waals surface area (Å²) in [6.45, 7) is 7.92. The van der Waals surface area contributed by atoms with Gasteiger partial charge in [0.2, 0.25) is 0 Å². The Balaban J connectivity index is 1.57. The summed E-state index contributed by atoms with van der Waals surface area (Å²) >= 11 is 0. The smallest absolute Gasteiger partial charge is 0.254 e. The Bertz CT molecular complexity index is 729. The maximum atomic E-state index is 12.9. The van der Waals surface area contributed by atoms with Crippen LogP contribution in [0.3, 0.4) is 0 Å². The van der Waals surface area contributed by atoms with Gasteiger partial charge in [-0.1, -0.05) is 30.3 Å². The van der Waals surface area contributed by atoms with Crippen molar-refractivity contribution in [2.24, 2.45) is 5.92 Å². The number of hydrogen-bond donors (Lipinski definition) is 1. The summed E-state index contributed by atoms with van der Waals surface area (Å²) < 4.78 is 0. The molecule has 0 spiro atoms. The maximum Gasteiger partial charge on any atom is 0.254 e. The molecule has 1 aliphatic rings. The highest BCUT2D eigenvalue weighted by molar-refractivity contribution is 5.94. The Morgan fingerprint density at radius 1 is 1.15 bits per heavy atom. The summed E-state index contributed by atoms with van der Waals surface area (Å²) in [7, 11) is 0. The van der Waals surface area contributed by atoms with Crippen molar-refractivity contribution in [1.82, 2.24) is 9.88 Å². The normalized spacial score (nSPS) is 15.7. The van der Waals surface area contributed by atoms with Crippen molar-refractivity contribution in [2.75, 3.05) is 18.4 Å². The van der Waals surface area contributed by atoms with Gasteiger partial charge >= 0.3 is 0 Å². The summed E-state index contributed by atoms with van der Waals surface area (Å²) in [5, 5.41) is 3.33. The third-order valence-corrected chi connectivity index (χ3v) is 4.78. The second-order valence-corrected chi connectivity index (χ2v) is 8.23. The van der Waals surface area contributed by atoms with E-state index < -0.39 is 0 Å². The number of rotatable bonds is 4. The predicted molar refractivity (Wildman–Crippen MR) is 106 cm³/mol. The molecule has 1 N–H and O–H groups in total. The first-order valence-corrected chi connectivity index (χ1v) is 9.48. The van der Waals surface area contributed by atoms with E-state index in [1.807, 2.05) is 17.0 Å². The van der Waals surface area contributed by atoms with Crippen molar-refractivity contribution in [3.63, 3.8) is 0 Å². The lowest BCUT2D eigenvalue weighted by Crippen LogP contribution is -2.39. The number of hydrogen-bond acceptors (Lipinski definition) is 3. The van der Waals surface area contributed by atoms with Gasteiger partial charge in [0.25, 0.3) is 5.91 Å². The van der Waals surface area contributed by atoms with Crippen LogP contribution in [0.25, 0.3) is 0 Å². The lowest BCUT2D eigenvalue weighted by molar-refractivity contribution is 0.0690. The van der Waals surface area contributed by atoms with E-state index in [1.54, 1.807) is 6.20 Å². The molecule has 4 nitrogen and oxygen atoms in total. The molecule has 0 atom stereocenters. The average molecular weight is 351 g/mol. The number of anilines is 1. The quantitative estimate of drug-likeness (QED) is 0.889. The number of pyridine rings is 1. The lowest BCUT2D eigenvalue weighted by atomic mass is 9.90. The van der Waals surface area contributed by atoms with Crippen LogP contribution in [0, 0.1) is 5.92 Å². The van der Waals surface area contributed by atoms with Gasteiger partial charge in [0.05, 0.1) is 0 Å². The number of likely N-dealkylation sites (tertiary alicyclic amines) is 1. The zero-order chi connectivity index (χ0) is 18.6. The molecule has 1 fully saturated rings. The van der Waals surface area contributed by atoms with Crippen molar-refractivity contribution in [2.45, 2.75) is 45.6 Å². The number of carbonyl (C=O) groups is 1. The lowest BCUT2D eigenvalue weighted by Gasteiger charge is -2.32. The van der Waals surface area contributed by atoms with Crippen LogP contribution in [0.2, 0.25) is 0 Å². The van der Waals surface area contributed by atoms with E-state index in [0.717, 1.165) is 38.2 Å². The third-order valence-electron chi connectivity index (χ3n) is 4.78. The van der Waals surface area contributed by atoms with E-state index >= 15 is 0 Å². The van der Waals surface area contributed by atoms with Gasteiger partial charge in [-0.25, -0.2) is 4.98 Å². The van der Waals surface area contributed by atoms with Crippen LogP contribution in [0.4, 0.5) is 5.82 Å². The minimum absolute atomic E-state index is 0.0789. The molecule has 1 saturated heterocycles. The minimum Gasteiger partial charge on any atom is -0.365 e. The fourth-order valence-electron chi connectivity index (χ4n) is 3.49. The van der Waals surface area contributed by atoms with Gasteiger partial charge in [0, 0.05) is 30.4 Å². The van der Waals surface area contributed by atoms with Crippen molar-refractivity contribution in [1.29, 1.82) is 0 Å². The number of nitrogens with one attached hydrogen (secondary N) is 1. The van der Waals surface area contributed by atoms with Gasteiger partial charge in [0.1, 0.15) is 5.82 Å². The van der Waals surface area contributed by atoms with E-state index in [4.69, 9.17) is 0 Å². The Labute approximate surface area is 156 Å². The summed E-state index contributed by atoms with van der Waals surface area (Å²) in [5.41, 5.74) is 2.03. The van der Waals surface area contributed by atoms with Gasteiger partial charge in [0.15, 0.2) is 0 Å². The van der Waals surface area contributed by atoms with E-state index in [2.05, 4.69) is 61.4 Å².